The van der Waals surface area contributed by atoms with E-state index in [4.69, 9.17) is 14.1 Å². The SMILES string of the molecule is COc1ccc(CN=C(NCc2nnc(C)n2C)N(C)Cc2ccoc2C)cc1. The normalized spacial score (nSPS) is 11.6. The Balaban J connectivity index is 1.75. The van der Waals surface area contributed by atoms with Crippen molar-refractivity contribution in [3.63, 3.8) is 0 Å². The summed E-state index contributed by atoms with van der Waals surface area (Å²) in [7, 11) is 5.63. The molecule has 0 bridgehead atoms. The van der Waals surface area contributed by atoms with Gasteiger partial charge in [0.25, 0.3) is 0 Å². The molecule has 8 heteroatoms. The Labute approximate surface area is 171 Å². The molecule has 3 aromatic rings. The number of furan rings is 1. The predicted molar refractivity (Wildman–Crippen MR) is 112 cm³/mol. The van der Waals surface area contributed by atoms with Crippen LogP contribution < -0.4 is 10.1 Å². The van der Waals surface area contributed by atoms with Crippen molar-refractivity contribution in [2.24, 2.45) is 12.0 Å². The van der Waals surface area contributed by atoms with Crippen LogP contribution in [0.2, 0.25) is 0 Å². The highest BCUT2D eigenvalue weighted by Crippen LogP contribution is 2.13. The van der Waals surface area contributed by atoms with Gasteiger partial charge in [-0.3, -0.25) is 0 Å². The minimum Gasteiger partial charge on any atom is -0.497 e. The Morgan fingerprint density at radius 3 is 2.55 bits per heavy atom. The number of methoxy groups -OCH3 is 1. The van der Waals surface area contributed by atoms with Crippen molar-refractivity contribution in [2.45, 2.75) is 33.5 Å². The van der Waals surface area contributed by atoms with Gasteiger partial charge in [-0.25, -0.2) is 4.99 Å². The maximum atomic E-state index is 5.42. The molecule has 1 N–H and O–H groups in total. The number of aliphatic imine (C=N–C) groups is 1. The number of hydrogen-bond acceptors (Lipinski definition) is 5. The highest BCUT2D eigenvalue weighted by atomic mass is 16.5. The molecule has 0 aliphatic carbocycles. The molecule has 3 rings (SSSR count). The van der Waals surface area contributed by atoms with Crippen molar-refractivity contribution >= 4 is 5.96 Å². The number of nitrogens with zero attached hydrogens (tertiary/aromatic N) is 5. The quantitative estimate of drug-likeness (QED) is 0.489. The van der Waals surface area contributed by atoms with Crippen LogP contribution in [0.3, 0.4) is 0 Å². The number of hydrogen-bond donors (Lipinski definition) is 1. The van der Waals surface area contributed by atoms with Gasteiger partial charge in [0, 0.05) is 26.2 Å². The number of nitrogens with one attached hydrogen (secondary N) is 1. The maximum absolute atomic E-state index is 5.42. The van der Waals surface area contributed by atoms with Crippen molar-refractivity contribution < 1.29 is 9.15 Å². The molecule has 2 aromatic heterocycles. The maximum Gasteiger partial charge on any atom is 0.194 e. The van der Waals surface area contributed by atoms with E-state index in [9.17, 15) is 0 Å². The fraction of sp³-hybridized carbons (Fsp3) is 0.381. The number of aryl methyl sites for hydroxylation is 2. The lowest BCUT2D eigenvalue weighted by atomic mass is 10.2. The summed E-state index contributed by atoms with van der Waals surface area (Å²) in [5.74, 6) is 4.26. The van der Waals surface area contributed by atoms with Gasteiger partial charge in [0.05, 0.1) is 26.5 Å². The fourth-order valence-electron chi connectivity index (χ4n) is 2.88. The molecule has 0 unspecified atom stereocenters. The van der Waals surface area contributed by atoms with E-state index in [-0.39, 0.29) is 0 Å². The zero-order chi connectivity index (χ0) is 20.8. The number of guanidine groups is 1. The first-order valence-corrected chi connectivity index (χ1v) is 9.48. The van der Waals surface area contributed by atoms with Crippen LogP contribution in [0.25, 0.3) is 0 Å². The molecule has 0 saturated carbocycles. The van der Waals surface area contributed by atoms with Gasteiger partial charge in [-0.05, 0) is 37.6 Å². The van der Waals surface area contributed by atoms with E-state index in [1.807, 2.05) is 62.8 Å². The smallest absolute Gasteiger partial charge is 0.194 e. The van der Waals surface area contributed by atoms with E-state index in [1.54, 1.807) is 13.4 Å². The van der Waals surface area contributed by atoms with Gasteiger partial charge in [-0.15, -0.1) is 10.2 Å². The highest BCUT2D eigenvalue weighted by molar-refractivity contribution is 5.79. The second kappa shape index (κ2) is 9.27. The van der Waals surface area contributed by atoms with Crippen LogP contribution in [0.1, 0.15) is 28.5 Å². The van der Waals surface area contributed by atoms with Gasteiger partial charge in [-0.2, -0.15) is 0 Å². The average molecular weight is 396 g/mol. The van der Waals surface area contributed by atoms with E-state index in [2.05, 4.69) is 20.4 Å². The molecule has 0 aliphatic rings. The second-order valence-electron chi connectivity index (χ2n) is 6.92. The third kappa shape index (κ3) is 5.16. The van der Waals surface area contributed by atoms with Crippen LogP contribution in [-0.2, 0) is 26.7 Å². The van der Waals surface area contributed by atoms with E-state index in [0.717, 1.165) is 40.2 Å². The summed E-state index contributed by atoms with van der Waals surface area (Å²) in [6, 6.07) is 9.91. The van der Waals surface area contributed by atoms with E-state index >= 15 is 0 Å². The lowest BCUT2D eigenvalue weighted by Gasteiger charge is -2.22. The summed E-state index contributed by atoms with van der Waals surface area (Å²) in [6.07, 6.45) is 1.71. The van der Waals surface area contributed by atoms with Gasteiger partial charge in [0.2, 0.25) is 0 Å². The molecule has 0 spiro atoms. The first kappa shape index (κ1) is 20.4. The summed E-state index contributed by atoms with van der Waals surface area (Å²) in [6.45, 7) is 5.68. The lowest BCUT2D eigenvalue weighted by Crippen LogP contribution is -2.38. The van der Waals surface area contributed by atoms with Crippen molar-refractivity contribution in [1.82, 2.24) is 25.0 Å². The van der Waals surface area contributed by atoms with Crippen LogP contribution in [0.15, 0.2) is 46.0 Å². The zero-order valence-electron chi connectivity index (χ0n) is 17.6. The summed E-state index contributed by atoms with van der Waals surface area (Å²) >= 11 is 0. The average Bonchev–Trinajstić information content (AvgIpc) is 3.27. The van der Waals surface area contributed by atoms with E-state index < -0.39 is 0 Å². The van der Waals surface area contributed by atoms with E-state index in [1.165, 1.54) is 0 Å². The van der Waals surface area contributed by atoms with Gasteiger partial charge in [-0.1, -0.05) is 12.1 Å². The van der Waals surface area contributed by atoms with E-state index in [0.29, 0.717) is 19.6 Å². The van der Waals surface area contributed by atoms with Crippen molar-refractivity contribution in [3.8, 4) is 5.75 Å². The molecule has 0 atom stereocenters. The summed E-state index contributed by atoms with van der Waals surface area (Å²) in [5, 5.41) is 11.8. The topological polar surface area (TPSA) is 80.7 Å². The first-order chi connectivity index (χ1) is 14.0. The van der Waals surface area contributed by atoms with Gasteiger partial charge >= 0.3 is 0 Å². The van der Waals surface area contributed by atoms with Gasteiger partial charge in [0.1, 0.15) is 17.3 Å². The molecular formula is C21H28N6O2. The fourth-order valence-corrected chi connectivity index (χ4v) is 2.88. The summed E-state index contributed by atoms with van der Waals surface area (Å²) in [5.41, 5.74) is 2.23. The minimum absolute atomic E-state index is 0.535. The molecule has 8 nitrogen and oxygen atoms in total. The molecule has 29 heavy (non-hydrogen) atoms. The zero-order valence-corrected chi connectivity index (χ0v) is 17.6. The summed E-state index contributed by atoms with van der Waals surface area (Å²) < 4.78 is 12.6. The Morgan fingerprint density at radius 1 is 1.21 bits per heavy atom. The Morgan fingerprint density at radius 2 is 1.97 bits per heavy atom. The van der Waals surface area contributed by atoms with Crippen molar-refractivity contribution in [1.29, 1.82) is 0 Å². The van der Waals surface area contributed by atoms with Gasteiger partial charge < -0.3 is 23.9 Å². The highest BCUT2D eigenvalue weighted by Gasteiger charge is 2.12. The predicted octanol–water partition coefficient (Wildman–Crippen LogP) is 2.81. The lowest BCUT2D eigenvalue weighted by molar-refractivity contribution is 0.414. The summed E-state index contributed by atoms with van der Waals surface area (Å²) in [4.78, 5) is 6.89. The molecule has 0 aliphatic heterocycles. The number of benzene rings is 1. The molecule has 0 fully saturated rings. The molecule has 2 heterocycles. The minimum atomic E-state index is 0.535. The molecule has 1 aromatic carbocycles. The Kier molecular flexibility index (Phi) is 6.54. The molecule has 154 valence electrons. The molecular weight excluding hydrogens is 368 g/mol. The largest absolute Gasteiger partial charge is 0.497 e. The molecule has 0 saturated heterocycles. The monoisotopic (exact) mass is 396 g/mol. The number of rotatable bonds is 7. The van der Waals surface area contributed by atoms with Crippen molar-refractivity contribution in [3.05, 3.63) is 65.1 Å². The van der Waals surface area contributed by atoms with Crippen molar-refractivity contribution in [2.75, 3.05) is 14.2 Å². The molecule has 0 amide bonds. The van der Waals surface area contributed by atoms with Crippen LogP contribution in [0, 0.1) is 13.8 Å². The number of aromatic nitrogens is 3. The van der Waals surface area contributed by atoms with Crippen LogP contribution in [-0.4, -0.2) is 39.8 Å². The second-order valence-corrected chi connectivity index (χ2v) is 6.92. The molecule has 0 radical (unpaired) electrons. The van der Waals surface area contributed by atoms with Crippen LogP contribution in [0.5, 0.6) is 5.75 Å². The van der Waals surface area contributed by atoms with Crippen LogP contribution >= 0.6 is 0 Å². The third-order valence-electron chi connectivity index (χ3n) is 4.89. The van der Waals surface area contributed by atoms with Crippen LogP contribution in [0.4, 0.5) is 0 Å². The third-order valence-corrected chi connectivity index (χ3v) is 4.89. The Hall–Kier alpha value is -3.29. The standard InChI is InChI=1S/C21H28N6O2/c1-15-18(10-11-29-15)14-26(3)21(23-13-20-25-24-16(2)27(20)4)22-12-17-6-8-19(28-5)9-7-17/h6-11H,12-14H2,1-5H3,(H,22,23). The van der Waals surface area contributed by atoms with Gasteiger partial charge in [0.15, 0.2) is 11.8 Å². The number of ether oxygens (including phenoxy) is 1. The Bertz CT molecular complexity index is 958. The first-order valence-electron chi connectivity index (χ1n) is 9.48.